The van der Waals surface area contributed by atoms with Crippen molar-refractivity contribution in [2.45, 2.75) is 31.7 Å². The second-order valence-corrected chi connectivity index (χ2v) is 6.39. The van der Waals surface area contributed by atoms with Crippen molar-refractivity contribution in [3.63, 3.8) is 0 Å². The number of benzene rings is 1. The lowest BCUT2D eigenvalue weighted by Crippen LogP contribution is -2.33. The van der Waals surface area contributed by atoms with E-state index >= 15 is 0 Å². The molecule has 2 aliphatic rings. The molecule has 1 aliphatic heterocycles. The molecular weight excluding hydrogens is 303 g/mol. The maximum atomic E-state index is 12.9. The van der Waals surface area contributed by atoms with Gasteiger partial charge in [0.1, 0.15) is 11.6 Å². The van der Waals surface area contributed by atoms with Crippen molar-refractivity contribution in [2.75, 3.05) is 4.90 Å². The lowest BCUT2D eigenvalue weighted by molar-refractivity contribution is -0.117. The summed E-state index contributed by atoms with van der Waals surface area (Å²) in [6.45, 7) is 0. The molecule has 2 aromatic rings. The summed E-state index contributed by atoms with van der Waals surface area (Å²) in [4.78, 5) is 18.5. The number of pyridine rings is 1. The number of hydrogen-bond donors (Lipinski definition) is 0. The van der Waals surface area contributed by atoms with E-state index in [4.69, 9.17) is 0 Å². The molecule has 0 N–H and O–H groups in total. The van der Waals surface area contributed by atoms with Crippen molar-refractivity contribution >= 4 is 11.7 Å². The summed E-state index contributed by atoms with van der Waals surface area (Å²) in [6, 6.07) is 10.1. The first-order valence-corrected chi connectivity index (χ1v) is 8.26. The monoisotopic (exact) mass is 320 g/mol. The van der Waals surface area contributed by atoms with Crippen molar-refractivity contribution in [3.05, 3.63) is 59.5 Å². The molecule has 2 heterocycles. The molecule has 1 aromatic heterocycles. The first kappa shape index (κ1) is 14.9. The maximum absolute atomic E-state index is 12.9. The third-order valence-electron chi connectivity index (χ3n) is 4.85. The molecule has 2 atom stereocenters. The number of hydrogen-bond acceptors (Lipinski definition) is 2. The highest BCUT2D eigenvalue weighted by Crippen LogP contribution is 2.40. The van der Waals surface area contributed by atoms with Gasteiger partial charge in [0.05, 0.1) is 0 Å². The summed E-state index contributed by atoms with van der Waals surface area (Å²) in [6.07, 6.45) is 5.76. The minimum atomic E-state index is -0.271. The number of halogens is 1. The van der Waals surface area contributed by atoms with Crippen molar-refractivity contribution in [1.29, 1.82) is 0 Å². The molecule has 1 aliphatic carbocycles. The van der Waals surface area contributed by atoms with E-state index in [0.717, 1.165) is 29.8 Å². The average Bonchev–Trinajstić information content (AvgIpc) is 3.15. The van der Waals surface area contributed by atoms with Gasteiger partial charge < -0.3 is 0 Å². The normalized spacial score (nSPS) is 22.2. The van der Waals surface area contributed by atoms with Crippen LogP contribution in [0, 0.1) is 23.6 Å². The number of rotatable bonds is 1. The Balaban J connectivity index is 1.53. The molecule has 0 bridgehead atoms. The van der Waals surface area contributed by atoms with E-state index in [-0.39, 0.29) is 11.7 Å². The van der Waals surface area contributed by atoms with Crippen LogP contribution in [-0.2, 0) is 4.79 Å². The molecule has 2 unspecified atom stereocenters. The quantitative estimate of drug-likeness (QED) is 0.753. The summed E-state index contributed by atoms with van der Waals surface area (Å²) >= 11 is 0. The summed E-state index contributed by atoms with van der Waals surface area (Å²) in [5, 5.41) is 0. The van der Waals surface area contributed by atoms with E-state index in [1.165, 1.54) is 18.6 Å². The van der Waals surface area contributed by atoms with Crippen molar-refractivity contribution in [3.8, 4) is 11.8 Å². The summed E-state index contributed by atoms with van der Waals surface area (Å²) in [5.41, 5.74) is 1.53. The number of fused-ring (bicyclic) bond motifs is 1. The van der Waals surface area contributed by atoms with E-state index < -0.39 is 0 Å². The van der Waals surface area contributed by atoms with Gasteiger partial charge in [-0.05, 0) is 55.2 Å². The number of aromatic nitrogens is 1. The highest BCUT2D eigenvalue weighted by Gasteiger charge is 2.43. The van der Waals surface area contributed by atoms with Crippen molar-refractivity contribution in [1.82, 2.24) is 4.98 Å². The van der Waals surface area contributed by atoms with E-state index in [1.54, 1.807) is 18.3 Å². The number of nitrogens with zero attached hydrogens (tertiary/aromatic N) is 2. The van der Waals surface area contributed by atoms with Gasteiger partial charge in [0, 0.05) is 29.8 Å². The molecular formula is C20H17FN2O. The van der Waals surface area contributed by atoms with Crippen LogP contribution in [0.4, 0.5) is 10.2 Å². The Hall–Kier alpha value is -2.67. The first-order valence-electron chi connectivity index (χ1n) is 8.26. The minimum absolute atomic E-state index is 0.183. The van der Waals surface area contributed by atoms with E-state index in [0.29, 0.717) is 18.4 Å². The van der Waals surface area contributed by atoms with Crippen LogP contribution < -0.4 is 4.90 Å². The highest BCUT2D eigenvalue weighted by molar-refractivity contribution is 5.95. The Morgan fingerprint density at radius 3 is 2.54 bits per heavy atom. The molecule has 3 nitrogen and oxygen atoms in total. The van der Waals surface area contributed by atoms with E-state index in [9.17, 15) is 9.18 Å². The van der Waals surface area contributed by atoms with Crippen LogP contribution in [0.2, 0.25) is 0 Å². The molecule has 4 rings (SSSR count). The summed E-state index contributed by atoms with van der Waals surface area (Å²) in [7, 11) is 0. The van der Waals surface area contributed by atoms with Gasteiger partial charge in [-0.3, -0.25) is 9.69 Å². The fraction of sp³-hybridized carbons (Fsp3) is 0.300. The van der Waals surface area contributed by atoms with Crippen molar-refractivity contribution < 1.29 is 9.18 Å². The zero-order valence-electron chi connectivity index (χ0n) is 13.2. The molecule has 1 saturated heterocycles. The van der Waals surface area contributed by atoms with E-state index in [1.807, 2.05) is 17.0 Å². The van der Waals surface area contributed by atoms with Crippen LogP contribution >= 0.6 is 0 Å². The molecule has 4 heteroatoms. The van der Waals surface area contributed by atoms with Gasteiger partial charge >= 0.3 is 0 Å². The van der Waals surface area contributed by atoms with Gasteiger partial charge in [-0.1, -0.05) is 18.3 Å². The minimum Gasteiger partial charge on any atom is -0.293 e. The zero-order valence-corrected chi connectivity index (χ0v) is 13.2. The van der Waals surface area contributed by atoms with Crippen LogP contribution in [0.3, 0.4) is 0 Å². The number of amides is 1. The fourth-order valence-corrected chi connectivity index (χ4v) is 3.68. The highest BCUT2D eigenvalue weighted by atomic mass is 19.1. The third kappa shape index (κ3) is 2.78. The van der Waals surface area contributed by atoms with Crippen LogP contribution in [0.15, 0.2) is 42.6 Å². The molecule has 24 heavy (non-hydrogen) atoms. The lowest BCUT2D eigenvalue weighted by atomic mass is 10.0. The van der Waals surface area contributed by atoms with Crippen molar-refractivity contribution in [2.24, 2.45) is 5.92 Å². The molecule has 1 amide bonds. The fourth-order valence-electron chi connectivity index (χ4n) is 3.68. The van der Waals surface area contributed by atoms with Gasteiger partial charge in [-0.15, -0.1) is 0 Å². The largest absolute Gasteiger partial charge is 0.293 e. The second kappa shape index (κ2) is 6.09. The molecule has 2 fully saturated rings. The van der Waals surface area contributed by atoms with Gasteiger partial charge in [0.2, 0.25) is 5.91 Å². The Morgan fingerprint density at radius 2 is 1.79 bits per heavy atom. The standard InChI is InChI=1S/C20H17FN2O/c21-17-9-6-14(7-10-17)4-5-15-8-11-19(22-13-15)23-18-3-1-2-16(18)12-20(23)24/h6-11,13,16,18H,1-3,12H2. The number of carbonyl (C=O) groups is 1. The first-order chi connectivity index (χ1) is 11.7. The predicted molar refractivity (Wildman–Crippen MR) is 89.8 cm³/mol. The molecule has 1 saturated carbocycles. The van der Waals surface area contributed by atoms with Gasteiger partial charge in [-0.2, -0.15) is 0 Å². The SMILES string of the molecule is O=C1CC2CCCC2N1c1ccc(C#Cc2ccc(F)cc2)cn1. The van der Waals surface area contributed by atoms with Gasteiger partial charge in [-0.25, -0.2) is 9.37 Å². The topological polar surface area (TPSA) is 33.2 Å². The van der Waals surface area contributed by atoms with Crippen LogP contribution in [-0.4, -0.2) is 16.9 Å². The van der Waals surface area contributed by atoms with E-state index in [2.05, 4.69) is 16.8 Å². The van der Waals surface area contributed by atoms with Gasteiger partial charge in [0.15, 0.2) is 0 Å². The lowest BCUT2D eigenvalue weighted by Gasteiger charge is -2.22. The average molecular weight is 320 g/mol. The smallest absolute Gasteiger partial charge is 0.228 e. The third-order valence-corrected chi connectivity index (χ3v) is 4.85. The van der Waals surface area contributed by atoms with Crippen LogP contribution in [0.25, 0.3) is 0 Å². The Labute approximate surface area is 140 Å². The van der Waals surface area contributed by atoms with Gasteiger partial charge in [0.25, 0.3) is 0 Å². The summed E-state index contributed by atoms with van der Waals surface area (Å²) < 4.78 is 12.9. The van der Waals surface area contributed by atoms with Crippen LogP contribution in [0.1, 0.15) is 36.8 Å². The maximum Gasteiger partial charge on any atom is 0.228 e. The Bertz CT molecular complexity index is 817. The second-order valence-electron chi connectivity index (χ2n) is 6.39. The van der Waals surface area contributed by atoms with Crippen LogP contribution in [0.5, 0.6) is 0 Å². The summed E-state index contributed by atoms with van der Waals surface area (Å²) in [5.74, 6) is 7.14. The Kier molecular flexibility index (Phi) is 3.78. The predicted octanol–water partition coefficient (Wildman–Crippen LogP) is 3.53. The Morgan fingerprint density at radius 1 is 1.04 bits per heavy atom. The molecule has 0 spiro atoms. The zero-order chi connectivity index (χ0) is 16.5. The number of carbonyl (C=O) groups excluding carboxylic acids is 1. The number of anilines is 1. The molecule has 120 valence electrons. The molecule has 0 radical (unpaired) electrons. The molecule has 1 aromatic carbocycles.